The molecule has 0 aliphatic heterocycles. The predicted octanol–water partition coefficient (Wildman–Crippen LogP) is 2.77. The second kappa shape index (κ2) is 7.04. The van der Waals surface area contributed by atoms with E-state index in [0.29, 0.717) is 0 Å². The van der Waals surface area contributed by atoms with E-state index < -0.39 is 0 Å². The highest BCUT2D eigenvalue weighted by Gasteiger charge is 2.03. The first kappa shape index (κ1) is 13.7. The van der Waals surface area contributed by atoms with Crippen LogP contribution in [0.4, 0.5) is 5.69 Å². The molecule has 2 aromatic rings. The molecule has 4 nitrogen and oxygen atoms in total. The van der Waals surface area contributed by atoms with E-state index in [9.17, 15) is 0 Å². The third-order valence-electron chi connectivity index (χ3n) is 3.28. The Balaban J connectivity index is 1.98. The average molecular weight is 258 g/mol. The Morgan fingerprint density at radius 1 is 1.16 bits per heavy atom. The lowest BCUT2D eigenvalue weighted by molar-refractivity contribution is 0.300. The van der Waals surface area contributed by atoms with Gasteiger partial charge in [0.1, 0.15) is 0 Å². The summed E-state index contributed by atoms with van der Waals surface area (Å²) in [6, 6.07) is 8.09. The largest absolute Gasteiger partial charge is 0.382 e. The van der Waals surface area contributed by atoms with E-state index >= 15 is 0 Å². The normalized spacial score (nSPS) is 11.1. The van der Waals surface area contributed by atoms with Gasteiger partial charge in [-0.2, -0.15) is 10.2 Å². The second-order valence-corrected chi connectivity index (χ2v) is 4.64. The summed E-state index contributed by atoms with van der Waals surface area (Å²) in [5, 5.41) is 12.8. The minimum absolute atomic E-state index is 0.934. The summed E-state index contributed by atoms with van der Waals surface area (Å²) in [5.74, 6) is 0. The van der Waals surface area contributed by atoms with Gasteiger partial charge in [-0.15, -0.1) is 0 Å². The summed E-state index contributed by atoms with van der Waals surface area (Å²) >= 11 is 0. The van der Waals surface area contributed by atoms with Crippen molar-refractivity contribution in [3.8, 4) is 0 Å². The molecule has 1 heterocycles. The van der Waals surface area contributed by atoms with Crippen molar-refractivity contribution in [3.63, 3.8) is 0 Å². The number of aromatic nitrogens is 2. The number of hydrogen-bond donors (Lipinski definition) is 1. The number of anilines is 1. The molecule has 1 aromatic heterocycles. The van der Waals surface area contributed by atoms with Gasteiger partial charge in [0.2, 0.25) is 0 Å². The Morgan fingerprint density at radius 3 is 2.79 bits per heavy atom. The second-order valence-electron chi connectivity index (χ2n) is 4.64. The van der Waals surface area contributed by atoms with E-state index in [4.69, 9.17) is 0 Å². The van der Waals surface area contributed by atoms with Gasteiger partial charge in [0.25, 0.3) is 0 Å². The topological polar surface area (TPSA) is 41.0 Å². The zero-order valence-electron chi connectivity index (χ0n) is 11.8. The lowest BCUT2D eigenvalue weighted by Gasteiger charge is -2.20. The van der Waals surface area contributed by atoms with Gasteiger partial charge in [0.15, 0.2) is 0 Å². The van der Waals surface area contributed by atoms with Crippen LogP contribution in [0.25, 0.3) is 10.9 Å². The van der Waals surface area contributed by atoms with Crippen LogP contribution in [0, 0.1) is 0 Å². The molecule has 0 spiro atoms. The summed E-state index contributed by atoms with van der Waals surface area (Å²) in [6.45, 7) is 8.68. The van der Waals surface area contributed by atoms with Crippen molar-refractivity contribution in [1.29, 1.82) is 0 Å². The third kappa shape index (κ3) is 3.64. The summed E-state index contributed by atoms with van der Waals surface area (Å²) in [5.41, 5.74) is 2.01. The SMILES string of the molecule is CCCN(CC)CCNc1cnnc2ccccc12. The number of nitrogens with zero attached hydrogens (tertiary/aromatic N) is 3. The molecule has 4 heteroatoms. The molecule has 0 saturated heterocycles. The monoisotopic (exact) mass is 258 g/mol. The molecule has 102 valence electrons. The standard InChI is InChI=1S/C15H22N4/c1-3-10-19(4-2)11-9-16-15-12-17-18-14-8-6-5-7-13(14)15/h5-8,12H,3-4,9-11H2,1-2H3,(H,16,18). The highest BCUT2D eigenvalue weighted by atomic mass is 15.1. The summed E-state index contributed by atoms with van der Waals surface area (Å²) < 4.78 is 0. The number of hydrogen-bond acceptors (Lipinski definition) is 4. The van der Waals surface area contributed by atoms with E-state index in [1.54, 1.807) is 6.20 Å². The van der Waals surface area contributed by atoms with E-state index in [1.165, 1.54) is 6.42 Å². The maximum Gasteiger partial charge on any atom is 0.0950 e. The van der Waals surface area contributed by atoms with Crippen LogP contribution in [-0.4, -0.2) is 41.3 Å². The fourth-order valence-electron chi connectivity index (χ4n) is 2.24. The predicted molar refractivity (Wildman–Crippen MR) is 80.4 cm³/mol. The van der Waals surface area contributed by atoms with E-state index in [1.807, 2.05) is 18.2 Å². The van der Waals surface area contributed by atoms with Crippen LogP contribution in [-0.2, 0) is 0 Å². The maximum absolute atomic E-state index is 4.13. The van der Waals surface area contributed by atoms with Crippen LogP contribution in [0.2, 0.25) is 0 Å². The first-order valence-electron chi connectivity index (χ1n) is 7.01. The quantitative estimate of drug-likeness (QED) is 0.829. The van der Waals surface area contributed by atoms with Crippen LogP contribution < -0.4 is 5.32 Å². The maximum atomic E-state index is 4.13. The van der Waals surface area contributed by atoms with E-state index in [-0.39, 0.29) is 0 Å². The number of fused-ring (bicyclic) bond motifs is 1. The Bertz CT molecular complexity index is 507. The Morgan fingerprint density at radius 2 is 2.00 bits per heavy atom. The average Bonchev–Trinajstić information content (AvgIpc) is 2.46. The molecule has 19 heavy (non-hydrogen) atoms. The van der Waals surface area contributed by atoms with Crippen molar-refractivity contribution < 1.29 is 0 Å². The highest BCUT2D eigenvalue weighted by molar-refractivity contribution is 5.90. The smallest absolute Gasteiger partial charge is 0.0950 e. The molecule has 0 unspecified atom stereocenters. The Labute approximate surface area is 114 Å². The molecule has 0 saturated carbocycles. The zero-order valence-corrected chi connectivity index (χ0v) is 11.8. The fraction of sp³-hybridized carbons (Fsp3) is 0.467. The molecule has 0 amide bonds. The molecule has 0 aliphatic carbocycles. The van der Waals surface area contributed by atoms with Crippen LogP contribution in [0.1, 0.15) is 20.3 Å². The van der Waals surface area contributed by atoms with Gasteiger partial charge in [-0.25, -0.2) is 0 Å². The van der Waals surface area contributed by atoms with Crippen LogP contribution in [0.15, 0.2) is 30.5 Å². The van der Waals surface area contributed by atoms with Crippen LogP contribution in [0.3, 0.4) is 0 Å². The van der Waals surface area contributed by atoms with Gasteiger partial charge in [-0.1, -0.05) is 32.0 Å². The number of nitrogens with one attached hydrogen (secondary N) is 1. The van der Waals surface area contributed by atoms with Crippen molar-refractivity contribution in [1.82, 2.24) is 15.1 Å². The fourth-order valence-corrected chi connectivity index (χ4v) is 2.24. The van der Waals surface area contributed by atoms with Crippen LogP contribution >= 0.6 is 0 Å². The summed E-state index contributed by atoms with van der Waals surface area (Å²) in [6.07, 6.45) is 3.01. The van der Waals surface area contributed by atoms with Gasteiger partial charge in [-0.3, -0.25) is 0 Å². The summed E-state index contributed by atoms with van der Waals surface area (Å²) in [4.78, 5) is 2.45. The van der Waals surface area contributed by atoms with Gasteiger partial charge in [-0.05, 0) is 25.6 Å². The highest BCUT2D eigenvalue weighted by Crippen LogP contribution is 2.19. The van der Waals surface area contributed by atoms with E-state index in [2.05, 4.69) is 40.3 Å². The van der Waals surface area contributed by atoms with Crippen molar-refractivity contribution in [3.05, 3.63) is 30.5 Å². The Kier molecular flexibility index (Phi) is 5.10. The lowest BCUT2D eigenvalue weighted by Crippen LogP contribution is -2.29. The first-order valence-corrected chi connectivity index (χ1v) is 7.01. The molecule has 0 fully saturated rings. The van der Waals surface area contributed by atoms with Gasteiger partial charge in [0.05, 0.1) is 17.4 Å². The van der Waals surface area contributed by atoms with Gasteiger partial charge >= 0.3 is 0 Å². The van der Waals surface area contributed by atoms with Gasteiger partial charge < -0.3 is 10.2 Å². The Hall–Kier alpha value is -1.68. The number of likely N-dealkylation sites (N-methyl/N-ethyl adjacent to an activating group) is 1. The molecule has 0 atom stereocenters. The lowest BCUT2D eigenvalue weighted by atomic mass is 10.2. The first-order chi connectivity index (χ1) is 9.35. The molecule has 0 radical (unpaired) electrons. The molecule has 0 bridgehead atoms. The minimum atomic E-state index is 0.934. The molecule has 1 N–H and O–H groups in total. The summed E-state index contributed by atoms with van der Waals surface area (Å²) in [7, 11) is 0. The molecule has 0 aliphatic rings. The van der Waals surface area contributed by atoms with Crippen molar-refractivity contribution >= 4 is 16.6 Å². The van der Waals surface area contributed by atoms with Gasteiger partial charge in [0, 0.05) is 18.5 Å². The molecule has 2 rings (SSSR count). The molecular weight excluding hydrogens is 236 g/mol. The number of benzene rings is 1. The van der Waals surface area contributed by atoms with Crippen molar-refractivity contribution in [2.45, 2.75) is 20.3 Å². The minimum Gasteiger partial charge on any atom is -0.382 e. The molecular formula is C15H22N4. The molecule has 1 aromatic carbocycles. The number of rotatable bonds is 7. The third-order valence-corrected chi connectivity index (χ3v) is 3.28. The zero-order chi connectivity index (χ0) is 13.5. The van der Waals surface area contributed by atoms with E-state index in [0.717, 1.165) is 42.8 Å². The van der Waals surface area contributed by atoms with Crippen molar-refractivity contribution in [2.75, 3.05) is 31.5 Å². The van der Waals surface area contributed by atoms with Crippen LogP contribution in [0.5, 0.6) is 0 Å². The van der Waals surface area contributed by atoms with Crippen molar-refractivity contribution in [2.24, 2.45) is 0 Å².